The molecule has 0 aliphatic carbocycles. The maximum atomic E-state index is 12.5. The summed E-state index contributed by atoms with van der Waals surface area (Å²) in [6.45, 7) is 0.606. The molecule has 1 aliphatic heterocycles. The summed E-state index contributed by atoms with van der Waals surface area (Å²) in [5, 5.41) is 3.01. The number of nitrogens with one attached hydrogen (secondary N) is 4. The Morgan fingerprint density at radius 3 is 2.77 bits per heavy atom. The summed E-state index contributed by atoms with van der Waals surface area (Å²) in [4.78, 5) is 20.4. The molecule has 0 saturated carbocycles. The molecule has 0 radical (unpaired) electrons. The van der Waals surface area contributed by atoms with Crippen molar-refractivity contribution in [2.75, 3.05) is 20.8 Å². The quantitative estimate of drug-likeness (QED) is 0.426. The van der Waals surface area contributed by atoms with Gasteiger partial charge in [0.1, 0.15) is 11.9 Å². The highest BCUT2D eigenvalue weighted by Crippen LogP contribution is 2.32. The number of rotatable bonds is 8. The summed E-state index contributed by atoms with van der Waals surface area (Å²) < 4.78 is 10.7. The van der Waals surface area contributed by atoms with E-state index in [0.717, 1.165) is 35.3 Å². The SMILES string of the molecule is COc1ccc(C2CC(C(=O)NCCCc3nc4ccccc4[nH]3)NN2)cc1OC. The van der Waals surface area contributed by atoms with Crippen molar-refractivity contribution in [3.05, 3.63) is 53.9 Å². The van der Waals surface area contributed by atoms with E-state index in [-0.39, 0.29) is 18.0 Å². The number of hydrogen-bond donors (Lipinski definition) is 4. The van der Waals surface area contributed by atoms with Crippen molar-refractivity contribution in [3.8, 4) is 11.5 Å². The number of nitrogens with zero attached hydrogens (tertiary/aromatic N) is 1. The first-order valence-electron chi connectivity index (χ1n) is 10.1. The number of carbonyl (C=O) groups excluding carboxylic acids is 1. The molecule has 2 atom stereocenters. The topological polar surface area (TPSA) is 100 Å². The van der Waals surface area contributed by atoms with Crippen LogP contribution < -0.4 is 25.6 Å². The first-order valence-corrected chi connectivity index (χ1v) is 10.1. The first kappa shape index (κ1) is 20.2. The van der Waals surface area contributed by atoms with Crippen molar-refractivity contribution in [2.24, 2.45) is 0 Å². The van der Waals surface area contributed by atoms with Crippen LogP contribution in [0.3, 0.4) is 0 Å². The molecule has 1 amide bonds. The fourth-order valence-electron chi connectivity index (χ4n) is 3.73. The van der Waals surface area contributed by atoms with Crippen molar-refractivity contribution in [2.45, 2.75) is 31.3 Å². The number of methoxy groups -OCH3 is 2. The minimum Gasteiger partial charge on any atom is -0.493 e. The minimum atomic E-state index is -0.283. The third-order valence-corrected chi connectivity index (χ3v) is 5.36. The predicted molar refractivity (Wildman–Crippen MR) is 114 cm³/mol. The number of ether oxygens (including phenoxy) is 2. The molecular formula is C22H27N5O3. The van der Waals surface area contributed by atoms with Crippen LogP contribution in [0, 0.1) is 0 Å². The van der Waals surface area contributed by atoms with Crippen LogP contribution in [0.2, 0.25) is 0 Å². The molecule has 0 bridgehead atoms. The highest BCUT2D eigenvalue weighted by Gasteiger charge is 2.30. The summed E-state index contributed by atoms with van der Waals surface area (Å²) >= 11 is 0. The van der Waals surface area contributed by atoms with Gasteiger partial charge >= 0.3 is 0 Å². The van der Waals surface area contributed by atoms with Gasteiger partial charge in [0.25, 0.3) is 0 Å². The lowest BCUT2D eigenvalue weighted by Crippen LogP contribution is -2.43. The Labute approximate surface area is 175 Å². The van der Waals surface area contributed by atoms with Gasteiger partial charge in [-0.1, -0.05) is 18.2 Å². The molecule has 1 aliphatic rings. The number of aromatic nitrogens is 2. The molecule has 2 unspecified atom stereocenters. The van der Waals surface area contributed by atoms with Gasteiger partial charge in [-0.15, -0.1) is 0 Å². The Balaban J connectivity index is 1.24. The molecule has 1 fully saturated rings. The van der Waals surface area contributed by atoms with Crippen LogP contribution in [0.1, 0.15) is 30.3 Å². The zero-order valence-corrected chi connectivity index (χ0v) is 17.2. The summed E-state index contributed by atoms with van der Waals surface area (Å²) in [6.07, 6.45) is 2.27. The molecule has 2 aromatic carbocycles. The van der Waals surface area contributed by atoms with Gasteiger partial charge in [-0.2, -0.15) is 0 Å². The van der Waals surface area contributed by atoms with E-state index >= 15 is 0 Å². The predicted octanol–water partition coefficient (Wildman–Crippen LogP) is 2.24. The molecule has 0 spiro atoms. The van der Waals surface area contributed by atoms with Gasteiger partial charge in [0.15, 0.2) is 11.5 Å². The number of para-hydroxylation sites is 2. The maximum absolute atomic E-state index is 12.5. The number of fused-ring (bicyclic) bond motifs is 1. The van der Waals surface area contributed by atoms with E-state index in [1.807, 2.05) is 42.5 Å². The zero-order valence-electron chi connectivity index (χ0n) is 17.2. The van der Waals surface area contributed by atoms with E-state index < -0.39 is 0 Å². The number of aromatic amines is 1. The Morgan fingerprint density at radius 1 is 1.13 bits per heavy atom. The van der Waals surface area contributed by atoms with Crippen molar-refractivity contribution in [1.29, 1.82) is 0 Å². The number of benzene rings is 2. The number of amides is 1. The molecule has 1 aromatic heterocycles. The average molecular weight is 409 g/mol. The summed E-state index contributed by atoms with van der Waals surface area (Å²) in [5.41, 5.74) is 9.35. The molecule has 158 valence electrons. The minimum absolute atomic E-state index is 0.00455. The Kier molecular flexibility index (Phi) is 6.15. The number of imidazole rings is 1. The van der Waals surface area contributed by atoms with Gasteiger partial charge in [-0.05, 0) is 42.7 Å². The number of H-pyrrole nitrogens is 1. The van der Waals surface area contributed by atoms with Gasteiger partial charge in [0.05, 0.1) is 25.3 Å². The third kappa shape index (κ3) is 4.39. The summed E-state index contributed by atoms with van der Waals surface area (Å²) in [7, 11) is 3.23. The fraction of sp³-hybridized carbons (Fsp3) is 0.364. The van der Waals surface area contributed by atoms with Gasteiger partial charge in [-0.25, -0.2) is 15.8 Å². The van der Waals surface area contributed by atoms with Crippen molar-refractivity contribution >= 4 is 16.9 Å². The van der Waals surface area contributed by atoms with Crippen molar-refractivity contribution in [3.63, 3.8) is 0 Å². The number of aryl methyl sites for hydroxylation is 1. The van der Waals surface area contributed by atoms with Gasteiger partial charge in [0.2, 0.25) is 5.91 Å². The van der Waals surface area contributed by atoms with E-state index in [0.29, 0.717) is 24.5 Å². The molecule has 1 saturated heterocycles. The molecule has 4 N–H and O–H groups in total. The van der Waals surface area contributed by atoms with Crippen LogP contribution in [-0.4, -0.2) is 42.7 Å². The second-order valence-electron chi connectivity index (χ2n) is 7.34. The lowest BCUT2D eigenvalue weighted by molar-refractivity contribution is -0.122. The fourth-order valence-corrected chi connectivity index (χ4v) is 3.73. The van der Waals surface area contributed by atoms with Gasteiger partial charge < -0.3 is 19.8 Å². The second kappa shape index (κ2) is 9.15. The van der Waals surface area contributed by atoms with E-state index in [1.165, 1.54) is 0 Å². The molecule has 8 nitrogen and oxygen atoms in total. The Bertz CT molecular complexity index is 986. The maximum Gasteiger partial charge on any atom is 0.238 e. The van der Waals surface area contributed by atoms with Crippen LogP contribution in [0.25, 0.3) is 11.0 Å². The molecule has 30 heavy (non-hydrogen) atoms. The molecule has 8 heteroatoms. The smallest absolute Gasteiger partial charge is 0.238 e. The molecule has 4 rings (SSSR count). The van der Waals surface area contributed by atoms with Gasteiger partial charge in [-0.3, -0.25) is 4.79 Å². The zero-order chi connectivity index (χ0) is 20.9. The van der Waals surface area contributed by atoms with Crippen LogP contribution in [0.15, 0.2) is 42.5 Å². The van der Waals surface area contributed by atoms with Crippen LogP contribution in [0.4, 0.5) is 0 Å². The Hall–Kier alpha value is -3.10. The molecular weight excluding hydrogens is 382 g/mol. The highest BCUT2D eigenvalue weighted by molar-refractivity contribution is 5.82. The number of carbonyl (C=O) groups is 1. The van der Waals surface area contributed by atoms with Crippen LogP contribution in [-0.2, 0) is 11.2 Å². The van der Waals surface area contributed by atoms with E-state index in [9.17, 15) is 4.79 Å². The average Bonchev–Trinajstić information content (AvgIpc) is 3.43. The van der Waals surface area contributed by atoms with Gasteiger partial charge in [0, 0.05) is 19.0 Å². The number of hydrazine groups is 1. The number of hydrogen-bond acceptors (Lipinski definition) is 6. The third-order valence-electron chi connectivity index (χ3n) is 5.36. The normalized spacial score (nSPS) is 18.5. The highest BCUT2D eigenvalue weighted by atomic mass is 16.5. The Morgan fingerprint density at radius 2 is 1.97 bits per heavy atom. The second-order valence-corrected chi connectivity index (χ2v) is 7.34. The van der Waals surface area contributed by atoms with Crippen LogP contribution in [0.5, 0.6) is 11.5 Å². The monoisotopic (exact) mass is 409 g/mol. The standard InChI is InChI=1S/C22H27N5O3/c1-29-19-10-9-14(12-20(19)30-2)17-13-18(27-26-17)22(28)23-11-5-8-21-24-15-6-3-4-7-16(15)25-21/h3-4,6-7,9-10,12,17-18,26-27H,5,8,11,13H2,1-2H3,(H,23,28)(H,24,25). The lowest BCUT2D eigenvalue weighted by Gasteiger charge is -2.13. The summed E-state index contributed by atoms with van der Waals surface area (Å²) in [6, 6.07) is 13.5. The lowest BCUT2D eigenvalue weighted by atomic mass is 10.0. The largest absolute Gasteiger partial charge is 0.493 e. The van der Waals surface area contributed by atoms with E-state index in [1.54, 1.807) is 14.2 Å². The molecule has 2 heterocycles. The van der Waals surface area contributed by atoms with E-state index in [2.05, 4.69) is 26.1 Å². The molecule has 3 aromatic rings. The van der Waals surface area contributed by atoms with E-state index in [4.69, 9.17) is 9.47 Å². The van der Waals surface area contributed by atoms with Crippen molar-refractivity contribution in [1.82, 2.24) is 26.1 Å². The summed E-state index contributed by atoms with van der Waals surface area (Å²) in [5.74, 6) is 2.30. The van der Waals surface area contributed by atoms with Crippen molar-refractivity contribution < 1.29 is 14.3 Å². The van der Waals surface area contributed by atoms with Crippen LogP contribution >= 0.6 is 0 Å². The first-order chi connectivity index (χ1) is 14.7.